The minimum atomic E-state index is -0.627. The summed E-state index contributed by atoms with van der Waals surface area (Å²) in [4.78, 5) is 28.6. The minimum absolute atomic E-state index is 0.107. The molecule has 0 aliphatic carbocycles. The van der Waals surface area contributed by atoms with Crippen LogP contribution < -0.4 is 5.32 Å². The van der Waals surface area contributed by atoms with E-state index in [0.717, 1.165) is 27.6 Å². The second-order valence-corrected chi connectivity index (χ2v) is 9.30. The Bertz CT molecular complexity index is 1060. The van der Waals surface area contributed by atoms with Crippen molar-refractivity contribution in [2.75, 3.05) is 6.54 Å². The Labute approximate surface area is 209 Å². The number of rotatable bonds is 10. The van der Waals surface area contributed by atoms with Crippen LogP contribution in [0.5, 0.6) is 0 Å². The molecule has 3 aromatic rings. The van der Waals surface area contributed by atoms with Crippen molar-refractivity contribution in [2.45, 2.75) is 38.8 Å². The number of amides is 2. The average molecular weight is 528 g/mol. The van der Waals surface area contributed by atoms with E-state index in [4.69, 9.17) is 11.6 Å². The van der Waals surface area contributed by atoms with E-state index < -0.39 is 6.04 Å². The van der Waals surface area contributed by atoms with E-state index in [0.29, 0.717) is 24.5 Å². The van der Waals surface area contributed by atoms with E-state index in [1.807, 2.05) is 73.7 Å². The SMILES string of the molecule is CCCNC(=O)[C@H](Cc1ccccc1)N(Cc1cccc(Br)c1)C(=O)Cc1ccc(Cl)cc1. The van der Waals surface area contributed by atoms with Crippen molar-refractivity contribution in [3.8, 4) is 0 Å². The monoisotopic (exact) mass is 526 g/mol. The lowest BCUT2D eigenvalue weighted by molar-refractivity contribution is -0.140. The number of carbonyl (C=O) groups is 2. The molecule has 0 saturated carbocycles. The third-order valence-electron chi connectivity index (χ3n) is 5.33. The van der Waals surface area contributed by atoms with Crippen molar-refractivity contribution in [1.29, 1.82) is 0 Å². The van der Waals surface area contributed by atoms with E-state index in [9.17, 15) is 9.59 Å². The molecule has 0 bridgehead atoms. The number of hydrogen-bond acceptors (Lipinski definition) is 2. The van der Waals surface area contributed by atoms with Crippen molar-refractivity contribution in [2.24, 2.45) is 0 Å². The Morgan fingerprint density at radius 3 is 2.30 bits per heavy atom. The molecule has 0 aliphatic heterocycles. The lowest BCUT2D eigenvalue weighted by Gasteiger charge is -2.31. The summed E-state index contributed by atoms with van der Waals surface area (Å²) in [5, 5.41) is 3.62. The molecule has 0 radical (unpaired) electrons. The van der Waals surface area contributed by atoms with Gasteiger partial charge in [-0.05, 0) is 47.4 Å². The molecular formula is C27H28BrClN2O2. The predicted octanol–water partition coefficient (Wildman–Crippen LogP) is 5.81. The third kappa shape index (κ3) is 7.72. The van der Waals surface area contributed by atoms with Gasteiger partial charge < -0.3 is 10.2 Å². The highest BCUT2D eigenvalue weighted by molar-refractivity contribution is 9.10. The predicted molar refractivity (Wildman–Crippen MR) is 137 cm³/mol. The first-order chi connectivity index (χ1) is 16.0. The molecule has 0 saturated heterocycles. The van der Waals surface area contributed by atoms with Gasteiger partial charge in [-0.25, -0.2) is 0 Å². The molecule has 3 aromatic carbocycles. The van der Waals surface area contributed by atoms with Gasteiger partial charge in [-0.15, -0.1) is 0 Å². The number of hydrogen-bond donors (Lipinski definition) is 1. The molecule has 0 heterocycles. The second-order valence-electron chi connectivity index (χ2n) is 7.95. The zero-order valence-electron chi connectivity index (χ0n) is 18.6. The standard InChI is InChI=1S/C27H28BrClN2O2/c1-2-15-30-27(33)25(17-20-7-4-3-5-8-20)31(19-22-9-6-10-23(28)16-22)26(32)18-21-11-13-24(29)14-12-21/h3-14,16,25H,2,15,17-19H2,1H3,(H,30,33)/t25-/m0/s1. The van der Waals surface area contributed by atoms with E-state index >= 15 is 0 Å². The number of nitrogens with zero attached hydrogens (tertiary/aromatic N) is 1. The second kappa shape index (κ2) is 12.6. The number of nitrogens with one attached hydrogen (secondary N) is 1. The van der Waals surface area contributed by atoms with Crippen LogP contribution in [0.25, 0.3) is 0 Å². The molecule has 4 nitrogen and oxygen atoms in total. The molecule has 33 heavy (non-hydrogen) atoms. The quantitative estimate of drug-likeness (QED) is 0.362. The summed E-state index contributed by atoms with van der Waals surface area (Å²) < 4.78 is 0.931. The summed E-state index contributed by atoms with van der Waals surface area (Å²) in [5.74, 6) is -0.245. The maximum atomic E-state index is 13.6. The van der Waals surface area contributed by atoms with Gasteiger partial charge in [0.05, 0.1) is 6.42 Å². The Morgan fingerprint density at radius 1 is 0.939 bits per heavy atom. The van der Waals surface area contributed by atoms with Gasteiger partial charge in [-0.1, -0.05) is 89.1 Å². The molecule has 0 fully saturated rings. The van der Waals surface area contributed by atoms with Gasteiger partial charge >= 0.3 is 0 Å². The number of benzene rings is 3. The maximum absolute atomic E-state index is 13.6. The molecule has 1 atom stereocenters. The lowest BCUT2D eigenvalue weighted by Crippen LogP contribution is -2.51. The summed E-state index contributed by atoms with van der Waals surface area (Å²) in [5.41, 5.74) is 2.82. The third-order valence-corrected chi connectivity index (χ3v) is 6.08. The van der Waals surface area contributed by atoms with Crippen molar-refractivity contribution in [1.82, 2.24) is 10.2 Å². The van der Waals surface area contributed by atoms with Gasteiger partial charge in [0, 0.05) is 29.0 Å². The van der Waals surface area contributed by atoms with Gasteiger partial charge in [0.15, 0.2) is 0 Å². The Balaban J connectivity index is 1.94. The van der Waals surface area contributed by atoms with Crippen LogP contribution in [-0.2, 0) is 29.0 Å². The topological polar surface area (TPSA) is 49.4 Å². The summed E-state index contributed by atoms with van der Waals surface area (Å²) in [7, 11) is 0. The van der Waals surface area contributed by atoms with E-state index in [2.05, 4.69) is 21.2 Å². The lowest BCUT2D eigenvalue weighted by atomic mass is 10.0. The summed E-state index contributed by atoms with van der Waals surface area (Å²) in [6.07, 6.45) is 1.46. The number of halogens is 2. The minimum Gasteiger partial charge on any atom is -0.354 e. The first kappa shape index (κ1) is 25.0. The summed E-state index contributed by atoms with van der Waals surface area (Å²) in [6, 6.07) is 24.3. The highest BCUT2D eigenvalue weighted by atomic mass is 79.9. The Hall–Kier alpha value is -2.63. The normalized spacial score (nSPS) is 11.6. The highest BCUT2D eigenvalue weighted by Crippen LogP contribution is 2.19. The molecule has 172 valence electrons. The van der Waals surface area contributed by atoms with Crippen LogP contribution in [0.3, 0.4) is 0 Å². The molecule has 3 rings (SSSR count). The zero-order valence-corrected chi connectivity index (χ0v) is 21.0. The molecular weight excluding hydrogens is 500 g/mol. The van der Waals surface area contributed by atoms with Crippen LogP contribution in [-0.4, -0.2) is 29.3 Å². The van der Waals surface area contributed by atoms with Crippen LogP contribution in [0.4, 0.5) is 0 Å². The summed E-state index contributed by atoms with van der Waals surface area (Å²) >= 11 is 9.52. The van der Waals surface area contributed by atoms with Gasteiger partial charge in [0.1, 0.15) is 6.04 Å². The van der Waals surface area contributed by atoms with Crippen LogP contribution in [0, 0.1) is 0 Å². The largest absolute Gasteiger partial charge is 0.354 e. The zero-order chi connectivity index (χ0) is 23.6. The summed E-state index contributed by atoms with van der Waals surface area (Å²) in [6.45, 7) is 2.92. The fourth-order valence-corrected chi connectivity index (χ4v) is 4.20. The van der Waals surface area contributed by atoms with Crippen LogP contribution in [0.1, 0.15) is 30.0 Å². The molecule has 0 aliphatic rings. The first-order valence-corrected chi connectivity index (χ1v) is 12.2. The highest BCUT2D eigenvalue weighted by Gasteiger charge is 2.30. The molecule has 0 unspecified atom stereocenters. The fraction of sp³-hybridized carbons (Fsp3) is 0.259. The van der Waals surface area contributed by atoms with E-state index in [1.165, 1.54) is 0 Å². The Morgan fingerprint density at radius 2 is 1.64 bits per heavy atom. The fourth-order valence-electron chi connectivity index (χ4n) is 3.63. The van der Waals surface area contributed by atoms with Gasteiger partial charge in [0.25, 0.3) is 0 Å². The smallest absolute Gasteiger partial charge is 0.243 e. The maximum Gasteiger partial charge on any atom is 0.243 e. The van der Waals surface area contributed by atoms with Gasteiger partial charge in [0.2, 0.25) is 11.8 Å². The van der Waals surface area contributed by atoms with Crippen LogP contribution >= 0.6 is 27.5 Å². The molecule has 0 spiro atoms. The average Bonchev–Trinajstić information content (AvgIpc) is 2.82. The van der Waals surface area contributed by atoms with Crippen molar-refractivity contribution >= 4 is 39.3 Å². The molecule has 0 aromatic heterocycles. The van der Waals surface area contributed by atoms with Gasteiger partial charge in [-0.3, -0.25) is 9.59 Å². The van der Waals surface area contributed by atoms with Crippen LogP contribution in [0.2, 0.25) is 5.02 Å². The van der Waals surface area contributed by atoms with Crippen LogP contribution in [0.15, 0.2) is 83.3 Å². The number of carbonyl (C=O) groups excluding carboxylic acids is 2. The van der Waals surface area contributed by atoms with Crippen molar-refractivity contribution in [3.63, 3.8) is 0 Å². The van der Waals surface area contributed by atoms with Crippen molar-refractivity contribution < 1.29 is 9.59 Å². The van der Waals surface area contributed by atoms with E-state index in [1.54, 1.807) is 17.0 Å². The van der Waals surface area contributed by atoms with Gasteiger partial charge in [-0.2, -0.15) is 0 Å². The molecule has 2 amide bonds. The Kier molecular flexibility index (Phi) is 9.52. The molecule has 6 heteroatoms. The van der Waals surface area contributed by atoms with E-state index in [-0.39, 0.29) is 18.2 Å². The first-order valence-electron chi connectivity index (χ1n) is 11.1. The van der Waals surface area contributed by atoms with Crippen molar-refractivity contribution in [3.05, 3.63) is 105 Å². The molecule has 1 N–H and O–H groups in total.